The molecule has 0 fully saturated rings. The van der Waals surface area contributed by atoms with Crippen LogP contribution in [-0.4, -0.2) is 25.0 Å². The molecule has 1 aliphatic heterocycles. The molecular weight excluding hydrogens is 280 g/mol. The van der Waals surface area contributed by atoms with Gasteiger partial charge >= 0.3 is 0 Å². The molecular formula is C18H21ClN2. The monoisotopic (exact) mass is 300 g/mol. The summed E-state index contributed by atoms with van der Waals surface area (Å²) < 4.78 is 0. The van der Waals surface area contributed by atoms with Crippen LogP contribution in [0, 0.1) is 0 Å². The van der Waals surface area contributed by atoms with E-state index in [4.69, 9.17) is 11.6 Å². The Bertz CT molecular complexity index is 612. The maximum absolute atomic E-state index is 6.25. The molecule has 0 spiro atoms. The summed E-state index contributed by atoms with van der Waals surface area (Å²) in [6.45, 7) is 3.96. The van der Waals surface area contributed by atoms with E-state index < -0.39 is 0 Å². The van der Waals surface area contributed by atoms with Gasteiger partial charge in [-0.25, -0.2) is 0 Å². The number of benzene rings is 2. The highest BCUT2D eigenvalue weighted by Crippen LogP contribution is 2.25. The molecule has 1 heterocycles. The Morgan fingerprint density at radius 2 is 1.90 bits per heavy atom. The van der Waals surface area contributed by atoms with Crippen LogP contribution in [0.3, 0.4) is 0 Å². The molecule has 2 aromatic carbocycles. The average molecular weight is 301 g/mol. The Kier molecular flexibility index (Phi) is 4.59. The van der Waals surface area contributed by atoms with Crippen LogP contribution in [0.5, 0.6) is 0 Å². The van der Waals surface area contributed by atoms with E-state index in [9.17, 15) is 0 Å². The van der Waals surface area contributed by atoms with Crippen LogP contribution in [0.4, 0.5) is 0 Å². The third-order valence-electron chi connectivity index (χ3n) is 4.13. The van der Waals surface area contributed by atoms with Crippen LogP contribution in [-0.2, 0) is 13.1 Å². The van der Waals surface area contributed by atoms with Gasteiger partial charge in [-0.2, -0.15) is 0 Å². The zero-order valence-corrected chi connectivity index (χ0v) is 13.1. The molecule has 0 saturated carbocycles. The van der Waals surface area contributed by atoms with Crippen LogP contribution in [0.1, 0.15) is 22.6 Å². The maximum Gasteiger partial charge on any atom is 0.0451 e. The van der Waals surface area contributed by atoms with E-state index in [1.807, 2.05) is 18.2 Å². The van der Waals surface area contributed by atoms with Crippen molar-refractivity contribution in [1.82, 2.24) is 10.2 Å². The number of likely N-dealkylation sites (N-methyl/N-ethyl adjacent to an activating group) is 1. The van der Waals surface area contributed by atoms with Crippen molar-refractivity contribution in [3.8, 4) is 0 Å². The molecule has 0 amide bonds. The van der Waals surface area contributed by atoms with Gasteiger partial charge in [0.1, 0.15) is 0 Å². The largest absolute Gasteiger partial charge is 0.312 e. The SMILES string of the molecule is CN(Cc1ccccc1Cl)CC1CNCc2ccccc21. The minimum atomic E-state index is 0.544. The van der Waals surface area contributed by atoms with Crippen molar-refractivity contribution in [1.29, 1.82) is 0 Å². The van der Waals surface area contributed by atoms with Crippen molar-refractivity contribution in [2.24, 2.45) is 0 Å². The van der Waals surface area contributed by atoms with Gasteiger partial charge < -0.3 is 10.2 Å². The normalized spacial score (nSPS) is 17.8. The molecule has 1 aliphatic rings. The van der Waals surface area contributed by atoms with E-state index >= 15 is 0 Å². The molecule has 21 heavy (non-hydrogen) atoms. The predicted octanol–water partition coefficient (Wildman–Crippen LogP) is 3.66. The molecule has 1 N–H and O–H groups in total. The van der Waals surface area contributed by atoms with Gasteiger partial charge in [0, 0.05) is 37.1 Å². The van der Waals surface area contributed by atoms with Crippen LogP contribution in [0.15, 0.2) is 48.5 Å². The summed E-state index contributed by atoms with van der Waals surface area (Å²) in [6, 6.07) is 16.8. The Hall–Kier alpha value is -1.35. The molecule has 3 rings (SSSR count). The Balaban J connectivity index is 1.69. The first-order chi connectivity index (χ1) is 10.2. The molecule has 0 saturated heterocycles. The third-order valence-corrected chi connectivity index (χ3v) is 4.50. The highest BCUT2D eigenvalue weighted by atomic mass is 35.5. The molecule has 0 aliphatic carbocycles. The Morgan fingerprint density at radius 1 is 1.14 bits per heavy atom. The van der Waals surface area contributed by atoms with Crippen molar-refractivity contribution in [3.63, 3.8) is 0 Å². The van der Waals surface area contributed by atoms with Gasteiger partial charge in [-0.05, 0) is 29.8 Å². The standard InChI is InChI=1S/C18H21ClN2/c1-21(12-15-7-3-5-9-18(15)19)13-16-11-20-10-14-6-2-4-8-17(14)16/h2-9,16,20H,10-13H2,1H3. The van der Waals surface area contributed by atoms with Gasteiger partial charge in [0.05, 0.1) is 0 Å². The van der Waals surface area contributed by atoms with E-state index in [0.29, 0.717) is 5.92 Å². The quantitative estimate of drug-likeness (QED) is 0.927. The van der Waals surface area contributed by atoms with Gasteiger partial charge in [0.25, 0.3) is 0 Å². The average Bonchev–Trinajstić information content (AvgIpc) is 2.50. The number of nitrogens with zero attached hydrogens (tertiary/aromatic N) is 1. The number of nitrogens with one attached hydrogen (secondary N) is 1. The van der Waals surface area contributed by atoms with Crippen LogP contribution in [0.25, 0.3) is 0 Å². The Morgan fingerprint density at radius 3 is 2.76 bits per heavy atom. The lowest BCUT2D eigenvalue weighted by Gasteiger charge is -2.30. The van der Waals surface area contributed by atoms with Crippen LogP contribution >= 0.6 is 11.6 Å². The summed E-state index contributed by atoms with van der Waals surface area (Å²) in [7, 11) is 2.17. The fourth-order valence-corrected chi connectivity index (χ4v) is 3.30. The van der Waals surface area contributed by atoms with Crippen molar-refractivity contribution in [2.75, 3.05) is 20.1 Å². The number of fused-ring (bicyclic) bond motifs is 1. The second-order valence-corrected chi connectivity index (χ2v) is 6.22. The summed E-state index contributed by atoms with van der Waals surface area (Å²) in [5.74, 6) is 0.544. The zero-order valence-electron chi connectivity index (χ0n) is 12.3. The van der Waals surface area contributed by atoms with Crippen molar-refractivity contribution in [2.45, 2.75) is 19.0 Å². The first-order valence-corrected chi connectivity index (χ1v) is 7.82. The summed E-state index contributed by atoms with van der Waals surface area (Å²) in [5.41, 5.74) is 4.11. The summed E-state index contributed by atoms with van der Waals surface area (Å²) >= 11 is 6.25. The number of halogens is 1. The van der Waals surface area contributed by atoms with E-state index in [2.05, 4.69) is 47.6 Å². The molecule has 110 valence electrons. The second kappa shape index (κ2) is 6.61. The lowest BCUT2D eigenvalue weighted by atomic mass is 9.90. The molecule has 2 nitrogen and oxygen atoms in total. The summed E-state index contributed by atoms with van der Waals surface area (Å²) in [5, 5.41) is 4.37. The molecule has 1 atom stereocenters. The van der Waals surface area contributed by atoms with E-state index in [1.165, 1.54) is 16.7 Å². The molecule has 2 aromatic rings. The minimum absolute atomic E-state index is 0.544. The highest BCUT2D eigenvalue weighted by molar-refractivity contribution is 6.31. The molecule has 0 radical (unpaired) electrons. The Labute approximate surface area is 131 Å². The van der Waals surface area contributed by atoms with E-state index in [1.54, 1.807) is 0 Å². The number of hydrogen-bond acceptors (Lipinski definition) is 2. The zero-order chi connectivity index (χ0) is 14.7. The first kappa shape index (κ1) is 14.6. The lowest BCUT2D eigenvalue weighted by molar-refractivity contribution is 0.293. The molecule has 0 aromatic heterocycles. The van der Waals surface area contributed by atoms with Crippen molar-refractivity contribution >= 4 is 11.6 Å². The fourth-order valence-electron chi connectivity index (χ4n) is 3.11. The number of rotatable bonds is 4. The predicted molar refractivity (Wildman–Crippen MR) is 88.7 cm³/mol. The molecule has 0 bridgehead atoms. The van der Waals surface area contributed by atoms with Crippen molar-refractivity contribution in [3.05, 3.63) is 70.2 Å². The summed E-state index contributed by atoms with van der Waals surface area (Å²) in [6.07, 6.45) is 0. The topological polar surface area (TPSA) is 15.3 Å². The fraction of sp³-hybridized carbons (Fsp3) is 0.333. The van der Waals surface area contributed by atoms with Gasteiger partial charge in [0.15, 0.2) is 0 Å². The van der Waals surface area contributed by atoms with Crippen LogP contribution in [0.2, 0.25) is 5.02 Å². The van der Waals surface area contributed by atoms with Crippen LogP contribution < -0.4 is 5.32 Å². The number of hydrogen-bond donors (Lipinski definition) is 1. The third kappa shape index (κ3) is 3.46. The maximum atomic E-state index is 6.25. The van der Waals surface area contributed by atoms with Gasteiger partial charge in [0.2, 0.25) is 0 Å². The summed E-state index contributed by atoms with van der Waals surface area (Å²) in [4.78, 5) is 2.36. The van der Waals surface area contributed by atoms with Gasteiger partial charge in [-0.15, -0.1) is 0 Å². The molecule has 1 unspecified atom stereocenters. The van der Waals surface area contributed by atoms with Gasteiger partial charge in [-0.3, -0.25) is 0 Å². The van der Waals surface area contributed by atoms with Crippen molar-refractivity contribution < 1.29 is 0 Å². The minimum Gasteiger partial charge on any atom is -0.312 e. The lowest BCUT2D eigenvalue weighted by Crippen LogP contribution is -2.35. The van der Waals surface area contributed by atoms with E-state index in [-0.39, 0.29) is 0 Å². The second-order valence-electron chi connectivity index (χ2n) is 5.81. The van der Waals surface area contributed by atoms with E-state index in [0.717, 1.165) is 31.2 Å². The molecule has 3 heteroatoms. The smallest absolute Gasteiger partial charge is 0.0451 e. The van der Waals surface area contributed by atoms with Gasteiger partial charge in [-0.1, -0.05) is 54.1 Å². The highest BCUT2D eigenvalue weighted by Gasteiger charge is 2.20. The first-order valence-electron chi connectivity index (χ1n) is 7.44.